The number of ether oxygens (including phenoxy) is 1. The molecular weight excluding hydrogens is 115 g/mol. The molecule has 0 aliphatic carbocycles. The van der Waals surface area contributed by atoms with Crippen LogP contribution in [0.25, 0.3) is 0 Å². The van der Waals surface area contributed by atoms with Crippen molar-refractivity contribution in [3.8, 4) is 0 Å². The first-order valence-corrected chi connectivity index (χ1v) is 2.50. The minimum atomic E-state index is 0. The van der Waals surface area contributed by atoms with Gasteiger partial charge >= 0.3 is 51.4 Å². The van der Waals surface area contributed by atoms with Crippen molar-refractivity contribution in [2.45, 2.75) is 32.5 Å². The fourth-order valence-corrected chi connectivity index (χ4v) is 0.659. The molecule has 1 saturated heterocycles. The van der Waals surface area contributed by atoms with Crippen LogP contribution in [0.4, 0.5) is 0 Å². The van der Waals surface area contributed by atoms with E-state index in [0.29, 0.717) is 12.2 Å². The van der Waals surface area contributed by atoms with Crippen molar-refractivity contribution in [2.75, 3.05) is 0 Å². The number of hydrogen-bond acceptors (Lipinski definition) is 1. The molecular formula is C5H11KO. The number of rotatable bonds is 1. The van der Waals surface area contributed by atoms with Gasteiger partial charge in [0.25, 0.3) is 0 Å². The number of epoxide rings is 1. The maximum atomic E-state index is 5.07. The van der Waals surface area contributed by atoms with E-state index in [1.165, 1.54) is 6.42 Å². The van der Waals surface area contributed by atoms with Gasteiger partial charge in [0.15, 0.2) is 0 Å². The predicted molar refractivity (Wildman–Crippen MR) is 25.7 cm³/mol. The van der Waals surface area contributed by atoms with Crippen LogP contribution in [0.3, 0.4) is 0 Å². The van der Waals surface area contributed by atoms with Crippen molar-refractivity contribution in [3.63, 3.8) is 0 Å². The Morgan fingerprint density at radius 1 is 1.71 bits per heavy atom. The van der Waals surface area contributed by atoms with Gasteiger partial charge in [-0.15, -0.1) is 0 Å². The smallest absolute Gasteiger partial charge is 1.00 e. The molecule has 1 rings (SSSR count). The van der Waals surface area contributed by atoms with Gasteiger partial charge in [-0.1, -0.05) is 6.92 Å². The summed E-state index contributed by atoms with van der Waals surface area (Å²) >= 11 is 0. The summed E-state index contributed by atoms with van der Waals surface area (Å²) in [5.74, 6) is 0. The van der Waals surface area contributed by atoms with Gasteiger partial charge in [0.1, 0.15) is 0 Å². The van der Waals surface area contributed by atoms with Crippen molar-refractivity contribution in [1.82, 2.24) is 0 Å². The van der Waals surface area contributed by atoms with E-state index in [-0.39, 0.29) is 52.8 Å². The molecule has 2 unspecified atom stereocenters. The van der Waals surface area contributed by atoms with Gasteiger partial charge < -0.3 is 6.16 Å². The van der Waals surface area contributed by atoms with Crippen molar-refractivity contribution in [2.24, 2.45) is 0 Å². The molecule has 0 aromatic carbocycles. The van der Waals surface area contributed by atoms with E-state index in [4.69, 9.17) is 4.74 Å². The first kappa shape index (κ1) is 8.60. The Kier molecular flexibility index (Phi) is 4.41. The molecule has 1 aliphatic heterocycles. The average Bonchev–Trinajstić information content (AvgIpc) is 2.19. The van der Waals surface area contributed by atoms with Gasteiger partial charge in [-0.25, -0.2) is 0 Å². The van der Waals surface area contributed by atoms with Gasteiger partial charge in [-0.3, -0.25) is 0 Å². The molecule has 1 nitrogen and oxygen atoms in total. The van der Waals surface area contributed by atoms with Gasteiger partial charge in [0.05, 0.1) is 12.2 Å². The third-order valence-electron chi connectivity index (χ3n) is 1.24. The minimum Gasteiger partial charge on any atom is -1.00 e. The maximum Gasteiger partial charge on any atom is 1.00 e. The molecule has 0 bridgehead atoms. The van der Waals surface area contributed by atoms with Crippen molar-refractivity contribution >= 4 is 0 Å². The molecule has 2 atom stereocenters. The van der Waals surface area contributed by atoms with Crippen molar-refractivity contribution in [3.05, 3.63) is 0 Å². The molecule has 0 radical (unpaired) electrons. The van der Waals surface area contributed by atoms with Crippen LogP contribution in [0, 0.1) is 0 Å². The van der Waals surface area contributed by atoms with E-state index >= 15 is 0 Å². The van der Waals surface area contributed by atoms with Crippen LogP contribution in [-0.2, 0) is 4.74 Å². The summed E-state index contributed by atoms with van der Waals surface area (Å²) in [6.45, 7) is 4.25. The molecule has 0 aromatic heterocycles. The average molecular weight is 126 g/mol. The molecule has 1 heterocycles. The van der Waals surface area contributed by atoms with E-state index in [1.807, 2.05) is 0 Å². The molecule has 0 amide bonds. The Morgan fingerprint density at radius 2 is 2.14 bits per heavy atom. The molecule has 38 valence electrons. The van der Waals surface area contributed by atoms with Crippen LogP contribution in [-0.4, -0.2) is 12.2 Å². The van der Waals surface area contributed by atoms with Crippen LogP contribution >= 0.6 is 0 Å². The summed E-state index contributed by atoms with van der Waals surface area (Å²) in [5, 5.41) is 0. The SMILES string of the molecule is CCC1OC1C.[H-].[K+]. The summed E-state index contributed by atoms with van der Waals surface area (Å²) in [6, 6.07) is 0. The van der Waals surface area contributed by atoms with E-state index < -0.39 is 0 Å². The normalized spacial score (nSPS) is 36.9. The summed E-state index contributed by atoms with van der Waals surface area (Å²) < 4.78 is 5.07. The first-order chi connectivity index (χ1) is 2.84. The fourth-order valence-electron chi connectivity index (χ4n) is 0.659. The Hall–Kier alpha value is 1.60. The van der Waals surface area contributed by atoms with E-state index in [1.54, 1.807) is 0 Å². The van der Waals surface area contributed by atoms with Crippen molar-refractivity contribution in [1.29, 1.82) is 0 Å². The van der Waals surface area contributed by atoms with Gasteiger partial charge in [0.2, 0.25) is 0 Å². The summed E-state index contributed by atoms with van der Waals surface area (Å²) in [6.07, 6.45) is 2.35. The summed E-state index contributed by atoms with van der Waals surface area (Å²) in [7, 11) is 0. The van der Waals surface area contributed by atoms with Gasteiger partial charge in [-0.05, 0) is 13.3 Å². The molecule has 1 fully saturated rings. The maximum absolute atomic E-state index is 5.07. The van der Waals surface area contributed by atoms with E-state index in [0.717, 1.165) is 0 Å². The van der Waals surface area contributed by atoms with Gasteiger partial charge in [-0.2, -0.15) is 0 Å². The van der Waals surface area contributed by atoms with Crippen LogP contribution in [0.1, 0.15) is 21.7 Å². The zero-order valence-corrected chi connectivity index (χ0v) is 8.39. The van der Waals surface area contributed by atoms with E-state index in [2.05, 4.69) is 13.8 Å². The Morgan fingerprint density at radius 3 is 2.14 bits per heavy atom. The summed E-state index contributed by atoms with van der Waals surface area (Å²) in [4.78, 5) is 0. The fraction of sp³-hybridized carbons (Fsp3) is 1.00. The minimum absolute atomic E-state index is 0. The van der Waals surface area contributed by atoms with Crippen LogP contribution < -0.4 is 51.4 Å². The zero-order valence-electron chi connectivity index (χ0n) is 6.27. The topological polar surface area (TPSA) is 12.5 Å². The van der Waals surface area contributed by atoms with Crippen LogP contribution in [0.15, 0.2) is 0 Å². The third-order valence-corrected chi connectivity index (χ3v) is 1.24. The van der Waals surface area contributed by atoms with Gasteiger partial charge in [0, 0.05) is 0 Å². The molecule has 7 heavy (non-hydrogen) atoms. The Balaban J connectivity index is 0. The number of hydrogen-bond donors (Lipinski definition) is 0. The van der Waals surface area contributed by atoms with Crippen LogP contribution in [0.5, 0.6) is 0 Å². The molecule has 0 aromatic rings. The largest absolute Gasteiger partial charge is 1.00 e. The van der Waals surface area contributed by atoms with Crippen molar-refractivity contribution < 1.29 is 57.5 Å². The monoisotopic (exact) mass is 126 g/mol. The second kappa shape index (κ2) is 3.59. The molecule has 0 N–H and O–H groups in total. The first-order valence-electron chi connectivity index (χ1n) is 2.50. The summed E-state index contributed by atoms with van der Waals surface area (Å²) in [5.41, 5.74) is 0. The predicted octanol–water partition coefficient (Wildman–Crippen LogP) is -1.70. The molecule has 0 spiro atoms. The molecule has 0 saturated carbocycles. The molecule has 2 heteroatoms. The van der Waals surface area contributed by atoms with Crippen LogP contribution in [0.2, 0.25) is 0 Å². The molecule has 1 aliphatic rings. The Labute approximate surface area is 88.7 Å². The standard InChI is InChI=1S/C5H10O.K.H/c1-3-5-4(2)6-5;;/h4-5H,3H2,1-2H3;;/q;+1;-1. The second-order valence-corrected chi connectivity index (χ2v) is 1.79. The quantitative estimate of drug-likeness (QED) is 0.301. The third kappa shape index (κ3) is 2.58. The Bertz CT molecular complexity index is 58.4. The zero-order chi connectivity index (χ0) is 4.57. The van der Waals surface area contributed by atoms with E-state index in [9.17, 15) is 0 Å². The second-order valence-electron chi connectivity index (χ2n) is 1.79.